The first-order valence-electron chi connectivity index (χ1n) is 10.1. The highest BCUT2D eigenvalue weighted by atomic mass is 16.5. The van der Waals surface area contributed by atoms with Crippen molar-refractivity contribution in [1.29, 1.82) is 5.26 Å². The van der Waals surface area contributed by atoms with E-state index in [4.69, 9.17) is 19.5 Å². The summed E-state index contributed by atoms with van der Waals surface area (Å²) in [5.41, 5.74) is 0.302. The highest BCUT2D eigenvalue weighted by Gasteiger charge is 2.42. The first-order valence-corrected chi connectivity index (χ1v) is 10.1. The Kier molecular flexibility index (Phi) is 7.11. The average Bonchev–Trinajstić information content (AvgIpc) is 2.83. The standard InChI is InChI=1S/C23H22N4O7/c1-12-17(21(29)32-3)19(18(13(2)25-12)22(30)33-4)23(31)34-11-16-26-15-8-6-5-7-14(15)20(28)27(16)10-9-24/h5-8,19,25H,10-11H2,1-4H3. The van der Waals surface area contributed by atoms with Gasteiger partial charge in [-0.1, -0.05) is 12.1 Å². The smallest absolute Gasteiger partial charge is 0.336 e. The fourth-order valence-corrected chi connectivity index (χ4v) is 3.77. The molecule has 0 fully saturated rings. The van der Waals surface area contributed by atoms with Crippen molar-refractivity contribution in [2.75, 3.05) is 14.2 Å². The van der Waals surface area contributed by atoms with Crippen molar-refractivity contribution in [3.63, 3.8) is 0 Å². The number of esters is 3. The number of carbonyl (C=O) groups excluding carboxylic acids is 3. The number of fused-ring (bicyclic) bond motifs is 1. The number of dihydropyridines is 1. The highest BCUT2D eigenvalue weighted by Crippen LogP contribution is 2.32. The van der Waals surface area contributed by atoms with E-state index in [-0.39, 0.29) is 23.5 Å². The molecule has 11 nitrogen and oxygen atoms in total. The zero-order valence-electron chi connectivity index (χ0n) is 19.0. The molecule has 0 bridgehead atoms. The fourth-order valence-electron chi connectivity index (χ4n) is 3.77. The van der Waals surface area contributed by atoms with E-state index < -0.39 is 36.0 Å². The van der Waals surface area contributed by atoms with Gasteiger partial charge in [-0.25, -0.2) is 14.6 Å². The van der Waals surface area contributed by atoms with Gasteiger partial charge in [0, 0.05) is 11.4 Å². The Morgan fingerprint density at radius 3 is 2.24 bits per heavy atom. The first-order chi connectivity index (χ1) is 16.2. The number of nitrogens with one attached hydrogen (secondary N) is 1. The molecule has 0 radical (unpaired) electrons. The van der Waals surface area contributed by atoms with Crippen LogP contribution in [-0.4, -0.2) is 41.7 Å². The van der Waals surface area contributed by atoms with E-state index in [0.29, 0.717) is 22.3 Å². The predicted molar refractivity (Wildman–Crippen MR) is 117 cm³/mol. The van der Waals surface area contributed by atoms with E-state index in [1.807, 2.05) is 6.07 Å². The summed E-state index contributed by atoms with van der Waals surface area (Å²) in [6, 6.07) is 8.45. The summed E-state index contributed by atoms with van der Waals surface area (Å²) in [6.45, 7) is 2.32. The van der Waals surface area contributed by atoms with Crippen molar-refractivity contribution in [2.24, 2.45) is 5.92 Å². The number of para-hydroxylation sites is 1. The molecule has 1 N–H and O–H groups in total. The summed E-state index contributed by atoms with van der Waals surface area (Å²) in [7, 11) is 2.29. The van der Waals surface area contributed by atoms with Gasteiger partial charge >= 0.3 is 17.9 Å². The molecule has 34 heavy (non-hydrogen) atoms. The quantitative estimate of drug-likeness (QED) is 0.484. The molecule has 0 atom stereocenters. The molecule has 176 valence electrons. The third-order valence-electron chi connectivity index (χ3n) is 5.32. The maximum absolute atomic E-state index is 13.2. The van der Waals surface area contributed by atoms with Crippen LogP contribution < -0.4 is 10.9 Å². The summed E-state index contributed by atoms with van der Waals surface area (Å²) in [5, 5.41) is 12.3. The third kappa shape index (κ3) is 4.38. The molecule has 0 saturated heterocycles. The van der Waals surface area contributed by atoms with Gasteiger partial charge in [0.2, 0.25) is 0 Å². The number of hydrogen-bond acceptors (Lipinski definition) is 10. The van der Waals surface area contributed by atoms with Gasteiger partial charge < -0.3 is 19.5 Å². The zero-order valence-corrected chi connectivity index (χ0v) is 19.0. The monoisotopic (exact) mass is 466 g/mol. The van der Waals surface area contributed by atoms with Gasteiger partial charge in [-0.15, -0.1) is 0 Å². The van der Waals surface area contributed by atoms with Crippen molar-refractivity contribution in [3.8, 4) is 6.07 Å². The summed E-state index contributed by atoms with van der Waals surface area (Å²) in [6.07, 6.45) is 0. The minimum Gasteiger partial charge on any atom is -0.466 e. The second-order valence-corrected chi connectivity index (χ2v) is 7.32. The summed E-state index contributed by atoms with van der Waals surface area (Å²) in [5.74, 6) is -4.00. The van der Waals surface area contributed by atoms with Gasteiger partial charge in [-0.3, -0.25) is 14.2 Å². The van der Waals surface area contributed by atoms with Gasteiger partial charge in [0.15, 0.2) is 5.82 Å². The van der Waals surface area contributed by atoms with Crippen LogP contribution in [0.3, 0.4) is 0 Å². The van der Waals surface area contributed by atoms with E-state index in [2.05, 4.69) is 10.3 Å². The SMILES string of the molecule is COC(=O)C1=C(C)NC(C)=C(C(=O)OC)C1C(=O)OCc1nc2ccccc2c(=O)n1CC#N. The number of nitriles is 1. The van der Waals surface area contributed by atoms with E-state index >= 15 is 0 Å². The molecular weight excluding hydrogens is 444 g/mol. The molecule has 0 saturated carbocycles. The molecule has 11 heteroatoms. The molecule has 2 aromatic rings. The number of carbonyl (C=O) groups is 3. The Labute approximate surface area is 194 Å². The predicted octanol–water partition coefficient (Wildman–Crippen LogP) is 1.08. The van der Waals surface area contributed by atoms with Crippen LogP contribution in [-0.2, 0) is 41.7 Å². The van der Waals surface area contributed by atoms with Crippen molar-refractivity contribution >= 4 is 28.8 Å². The van der Waals surface area contributed by atoms with E-state index in [1.54, 1.807) is 38.1 Å². The van der Waals surface area contributed by atoms with Crippen molar-refractivity contribution in [2.45, 2.75) is 27.0 Å². The van der Waals surface area contributed by atoms with Crippen LogP contribution in [0, 0.1) is 17.2 Å². The fraction of sp³-hybridized carbons (Fsp3) is 0.304. The van der Waals surface area contributed by atoms with Gasteiger partial charge in [-0.2, -0.15) is 5.26 Å². The third-order valence-corrected chi connectivity index (χ3v) is 5.32. The van der Waals surface area contributed by atoms with Crippen LogP contribution in [0.2, 0.25) is 0 Å². The van der Waals surface area contributed by atoms with Crippen LogP contribution in [0.4, 0.5) is 0 Å². The molecule has 1 aliphatic heterocycles. The second kappa shape index (κ2) is 9.99. The van der Waals surface area contributed by atoms with Crippen molar-refractivity contribution in [3.05, 3.63) is 63.0 Å². The summed E-state index contributed by atoms with van der Waals surface area (Å²) >= 11 is 0. The lowest BCUT2D eigenvalue weighted by atomic mass is 9.85. The van der Waals surface area contributed by atoms with Crippen molar-refractivity contribution < 1.29 is 28.6 Å². The molecule has 1 aliphatic rings. The van der Waals surface area contributed by atoms with Gasteiger partial charge in [0.1, 0.15) is 19.1 Å². The Bertz CT molecular complexity index is 1310. The number of hydrogen-bond donors (Lipinski definition) is 1. The van der Waals surface area contributed by atoms with Crippen LogP contribution in [0.15, 0.2) is 51.6 Å². The maximum atomic E-state index is 13.2. The Morgan fingerprint density at radius 2 is 1.68 bits per heavy atom. The lowest BCUT2D eigenvalue weighted by molar-refractivity contribution is -0.152. The lowest BCUT2D eigenvalue weighted by Crippen LogP contribution is -2.38. The Morgan fingerprint density at radius 1 is 1.09 bits per heavy atom. The largest absolute Gasteiger partial charge is 0.466 e. The minimum atomic E-state index is -1.43. The van der Waals surface area contributed by atoms with Crippen LogP contribution >= 0.6 is 0 Å². The number of nitrogens with zero attached hydrogens (tertiary/aromatic N) is 3. The summed E-state index contributed by atoms with van der Waals surface area (Å²) in [4.78, 5) is 55.3. The number of methoxy groups -OCH3 is 2. The number of allylic oxidation sites excluding steroid dienone is 2. The molecule has 1 aromatic heterocycles. The average molecular weight is 466 g/mol. The van der Waals surface area contributed by atoms with E-state index in [1.165, 1.54) is 0 Å². The summed E-state index contributed by atoms with van der Waals surface area (Å²) < 4.78 is 16.1. The normalized spacial score (nSPS) is 13.9. The molecule has 0 aliphatic carbocycles. The van der Waals surface area contributed by atoms with Crippen molar-refractivity contribution in [1.82, 2.24) is 14.9 Å². The van der Waals surface area contributed by atoms with Gasteiger partial charge in [0.25, 0.3) is 5.56 Å². The van der Waals surface area contributed by atoms with Crippen LogP contribution in [0.5, 0.6) is 0 Å². The number of rotatable bonds is 6. The number of benzene rings is 1. The van der Waals surface area contributed by atoms with Crippen LogP contribution in [0.1, 0.15) is 19.7 Å². The molecule has 2 heterocycles. The first kappa shape index (κ1) is 24.2. The molecule has 0 amide bonds. The molecular formula is C23H22N4O7. The Hall–Kier alpha value is -4.46. The van der Waals surface area contributed by atoms with Gasteiger partial charge in [-0.05, 0) is 26.0 Å². The number of ether oxygens (including phenoxy) is 3. The molecule has 0 unspecified atom stereocenters. The molecule has 0 spiro atoms. The van der Waals surface area contributed by atoms with Crippen LogP contribution in [0.25, 0.3) is 10.9 Å². The lowest BCUT2D eigenvalue weighted by Gasteiger charge is -2.28. The molecule has 3 rings (SSSR count). The minimum absolute atomic E-state index is 0.0353. The van der Waals surface area contributed by atoms with Gasteiger partial charge in [0.05, 0.1) is 42.3 Å². The maximum Gasteiger partial charge on any atom is 0.336 e. The topological polar surface area (TPSA) is 150 Å². The second-order valence-electron chi connectivity index (χ2n) is 7.32. The Balaban J connectivity index is 2.02. The number of aromatic nitrogens is 2. The zero-order chi connectivity index (χ0) is 25.0. The highest BCUT2D eigenvalue weighted by molar-refractivity contribution is 6.05. The molecule has 1 aromatic carbocycles. The van der Waals surface area contributed by atoms with E-state index in [0.717, 1.165) is 18.8 Å². The van der Waals surface area contributed by atoms with E-state index in [9.17, 15) is 19.2 Å².